The number of carbonyl (C=O) groups excluding carboxylic acids is 1. The zero-order valence-corrected chi connectivity index (χ0v) is 11.6. The van der Waals surface area contributed by atoms with Crippen molar-refractivity contribution in [3.63, 3.8) is 0 Å². The van der Waals surface area contributed by atoms with Crippen LogP contribution < -0.4 is 10.1 Å². The van der Waals surface area contributed by atoms with Crippen molar-refractivity contribution in [2.45, 2.75) is 18.9 Å². The van der Waals surface area contributed by atoms with Crippen molar-refractivity contribution in [3.05, 3.63) is 29.8 Å². The van der Waals surface area contributed by atoms with Crippen LogP contribution in [0.5, 0.6) is 5.75 Å². The number of nitrogens with one attached hydrogen (secondary N) is 1. The number of carbonyl (C=O) groups is 2. The van der Waals surface area contributed by atoms with E-state index in [0.717, 1.165) is 11.3 Å². The van der Waals surface area contributed by atoms with E-state index < -0.39 is 12.0 Å². The number of methoxy groups -OCH3 is 2. The smallest absolute Gasteiger partial charge is 0.328 e. The molecule has 6 nitrogen and oxygen atoms in total. The van der Waals surface area contributed by atoms with Crippen LogP contribution in [0.1, 0.15) is 12.0 Å². The van der Waals surface area contributed by atoms with E-state index in [4.69, 9.17) is 14.6 Å². The summed E-state index contributed by atoms with van der Waals surface area (Å²) in [6.07, 6.45) is 0.759. The predicted octanol–water partition coefficient (Wildman–Crippen LogP) is 0.844. The van der Waals surface area contributed by atoms with E-state index in [1.54, 1.807) is 7.11 Å². The Balaban J connectivity index is 2.43. The average Bonchev–Trinajstić information content (AvgIpc) is 2.45. The van der Waals surface area contributed by atoms with Crippen LogP contribution in [0.3, 0.4) is 0 Å². The van der Waals surface area contributed by atoms with Gasteiger partial charge in [-0.15, -0.1) is 0 Å². The zero-order chi connectivity index (χ0) is 15.0. The fourth-order valence-electron chi connectivity index (χ4n) is 1.66. The van der Waals surface area contributed by atoms with Gasteiger partial charge in [-0.25, -0.2) is 4.79 Å². The lowest BCUT2D eigenvalue weighted by Crippen LogP contribution is -2.43. The molecule has 1 atom stereocenters. The molecule has 0 spiro atoms. The number of amides is 1. The van der Waals surface area contributed by atoms with Crippen molar-refractivity contribution < 1.29 is 24.2 Å². The molecular weight excluding hydrogens is 262 g/mol. The maximum atomic E-state index is 11.7. The van der Waals surface area contributed by atoms with Crippen LogP contribution in [0.15, 0.2) is 24.3 Å². The second-order valence-electron chi connectivity index (χ2n) is 4.26. The Morgan fingerprint density at radius 2 is 1.90 bits per heavy atom. The maximum absolute atomic E-state index is 11.7. The lowest BCUT2D eigenvalue weighted by molar-refractivity contribution is -0.143. The highest BCUT2D eigenvalue weighted by Crippen LogP contribution is 2.12. The summed E-state index contributed by atoms with van der Waals surface area (Å²) < 4.78 is 9.79. The molecule has 0 fully saturated rings. The third-order valence-corrected chi connectivity index (χ3v) is 2.77. The molecule has 0 aromatic heterocycles. The van der Waals surface area contributed by atoms with Gasteiger partial charge in [-0.2, -0.15) is 0 Å². The quantitative estimate of drug-likeness (QED) is 0.737. The normalized spacial score (nSPS) is 11.7. The summed E-state index contributed by atoms with van der Waals surface area (Å²) in [4.78, 5) is 22.5. The monoisotopic (exact) mass is 281 g/mol. The van der Waals surface area contributed by atoms with Crippen molar-refractivity contribution in [2.75, 3.05) is 20.8 Å². The summed E-state index contributed by atoms with van der Waals surface area (Å²) in [6, 6.07) is 6.37. The summed E-state index contributed by atoms with van der Waals surface area (Å²) in [5.74, 6) is -0.667. The van der Waals surface area contributed by atoms with Gasteiger partial charge < -0.3 is 19.9 Å². The molecule has 0 bridgehead atoms. The molecule has 1 aromatic carbocycles. The molecule has 6 heteroatoms. The van der Waals surface area contributed by atoms with Gasteiger partial charge in [-0.3, -0.25) is 4.79 Å². The van der Waals surface area contributed by atoms with E-state index >= 15 is 0 Å². The second-order valence-corrected chi connectivity index (χ2v) is 4.26. The van der Waals surface area contributed by atoms with Gasteiger partial charge in [0.05, 0.1) is 13.7 Å². The Bertz CT molecular complexity index is 443. The summed E-state index contributed by atoms with van der Waals surface area (Å²) >= 11 is 0. The number of carboxylic acids is 1. The van der Waals surface area contributed by atoms with E-state index in [2.05, 4.69) is 5.32 Å². The van der Waals surface area contributed by atoms with E-state index in [9.17, 15) is 9.59 Å². The number of benzene rings is 1. The van der Waals surface area contributed by atoms with Crippen molar-refractivity contribution in [1.29, 1.82) is 0 Å². The molecule has 0 heterocycles. The number of aliphatic carboxylic acids is 1. The molecule has 0 aliphatic heterocycles. The Kier molecular flexibility index (Phi) is 6.52. The van der Waals surface area contributed by atoms with Gasteiger partial charge in [0.1, 0.15) is 5.75 Å². The molecule has 1 rings (SSSR count). The number of aryl methyl sites for hydroxylation is 1. The van der Waals surface area contributed by atoms with Gasteiger partial charge in [0.25, 0.3) is 0 Å². The Morgan fingerprint density at radius 3 is 2.40 bits per heavy atom. The number of carboxylic acid groups (broad SMARTS) is 1. The standard InChI is InChI=1S/C14H19NO5/c1-19-9-12(14(17)18)15-13(16)8-5-10-3-6-11(20-2)7-4-10/h3-4,6-7,12H,5,8-9H2,1-2H3,(H,15,16)(H,17,18). The summed E-state index contributed by atoms with van der Waals surface area (Å²) in [5, 5.41) is 11.3. The van der Waals surface area contributed by atoms with Gasteiger partial charge in [0, 0.05) is 13.5 Å². The van der Waals surface area contributed by atoms with Crippen LogP contribution in [-0.2, 0) is 20.7 Å². The number of ether oxygens (including phenoxy) is 2. The molecule has 1 aromatic rings. The first kappa shape index (κ1) is 16.0. The first-order valence-electron chi connectivity index (χ1n) is 6.21. The molecule has 20 heavy (non-hydrogen) atoms. The molecule has 0 saturated carbocycles. The fourth-order valence-corrected chi connectivity index (χ4v) is 1.66. The summed E-state index contributed by atoms with van der Waals surface area (Å²) in [5.41, 5.74) is 0.986. The molecule has 110 valence electrons. The van der Waals surface area contributed by atoms with E-state index in [1.165, 1.54) is 7.11 Å². The van der Waals surface area contributed by atoms with Gasteiger partial charge in [-0.1, -0.05) is 12.1 Å². The number of hydrogen-bond donors (Lipinski definition) is 2. The molecule has 0 aliphatic carbocycles. The van der Waals surface area contributed by atoms with E-state index in [0.29, 0.717) is 6.42 Å². The first-order valence-corrected chi connectivity index (χ1v) is 6.21. The van der Waals surface area contributed by atoms with Gasteiger partial charge in [0.15, 0.2) is 6.04 Å². The van der Waals surface area contributed by atoms with Crippen LogP contribution in [0.4, 0.5) is 0 Å². The minimum absolute atomic E-state index is 0.0520. The van der Waals surface area contributed by atoms with Gasteiger partial charge in [-0.05, 0) is 24.1 Å². The largest absolute Gasteiger partial charge is 0.497 e. The van der Waals surface area contributed by atoms with Crippen molar-refractivity contribution >= 4 is 11.9 Å². The molecule has 2 N–H and O–H groups in total. The van der Waals surface area contributed by atoms with Gasteiger partial charge >= 0.3 is 5.97 Å². The highest BCUT2D eigenvalue weighted by atomic mass is 16.5. The lowest BCUT2D eigenvalue weighted by atomic mass is 10.1. The summed E-state index contributed by atoms with van der Waals surface area (Å²) in [6.45, 7) is -0.0520. The third kappa shape index (κ3) is 5.27. The average molecular weight is 281 g/mol. The predicted molar refractivity (Wildman–Crippen MR) is 72.8 cm³/mol. The molecule has 1 amide bonds. The minimum Gasteiger partial charge on any atom is -0.497 e. The van der Waals surface area contributed by atoms with Crippen LogP contribution in [0.25, 0.3) is 0 Å². The molecule has 0 radical (unpaired) electrons. The Hall–Kier alpha value is -2.08. The maximum Gasteiger partial charge on any atom is 0.328 e. The number of hydrogen-bond acceptors (Lipinski definition) is 4. The van der Waals surface area contributed by atoms with Crippen molar-refractivity contribution in [3.8, 4) is 5.75 Å². The van der Waals surface area contributed by atoms with E-state index in [-0.39, 0.29) is 18.9 Å². The Labute approximate surface area is 117 Å². The molecular formula is C14H19NO5. The topological polar surface area (TPSA) is 84.9 Å². The van der Waals surface area contributed by atoms with Crippen molar-refractivity contribution in [2.24, 2.45) is 0 Å². The van der Waals surface area contributed by atoms with Crippen LogP contribution in [0.2, 0.25) is 0 Å². The minimum atomic E-state index is -1.11. The molecule has 0 aliphatic rings. The van der Waals surface area contributed by atoms with Crippen LogP contribution >= 0.6 is 0 Å². The zero-order valence-electron chi connectivity index (χ0n) is 11.6. The van der Waals surface area contributed by atoms with Gasteiger partial charge in [0.2, 0.25) is 5.91 Å². The Morgan fingerprint density at radius 1 is 1.25 bits per heavy atom. The SMILES string of the molecule is COCC(NC(=O)CCc1ccc(OC)cc1)C(=O)O. The summed E-state index contributed by atoms with van der Waals surface area (Å²) in [7, 11) is 2.98. The fraction of sp³-hybridized carbons (Fsp3) is 0.429. The highest BCUT2D eigenvalue weighted by molar-refractivity contribution is 5.83. The lowest BCUT2D eigenvalue weighted by Gasteiger charge is -2.13. The molecule has 1 unspecified atom stereocenters. The molecule has 0 saturated heterocycles. The second kappa shape index (κ2) is 8.16. The van der Waals surface area contributed by atoms with Crippen LogP contribution in [-0.4, -0.2) is 43.9 Å². The third-order valence-electron chi connectivity index (χ3n) is 2.77. The number of rotatable bonds is 8. The first-order chi connectivity index (χ1) is 9.56. The van der Waals surface area contributed by atoms with E-state index in [1.807, 2.05) is 24.3 Å². The highest BCUT2D eigenvalue weighted by Gasteiger charge is 2.19. The van der Waals surface area contributed by atoms with Crippen molar-refractivity contribution in [1.82, 2.24) is 5.32 Å². The van der Waals surface area contributed by atoms with Crippen LogP contribution in [0, 0.1) is 0 Å².